The zero-order valence-corrected chi connectivity index (χ0v) is 12.7. The van der Waals surface area contributed by atoms with Gasteiger partial charge in [0.05, 0.1) is 15.7 Å². The van der Waals surface area contributed by atoms with Crippen molar-refractivity contribution in [1.29, 1.82) is 0 Å². The van der Waals surface area contributed by atoms with Gasteiger partial charge in [0.2, 0.25) is 0 Å². The second-order valence-corrected chi connectivity index (χ2v) is 5.78. The molecule has 1 atom stereocenters. The van der Waals surface area contributed by atoms with Crippen LogP contribution in [0.15, 0.2) is 0 Å². The van der Waals surface area contributed by atoms with E-state index in [0.717, 1.165) is 4.90 Å². The Hall–Kier alpha value is -1.17. The van der Waals surface area contributed by atoms with Gasteiger partial charge in [0.1, 0.15) is 5.60 Å². The largest absolute Gasteiger partial charge is 0.457 e. The molecular formula is C12H21B2NO5. The summed E-state index contributed by atoms with van der Waals surface area (Å²) < 4.78 is 10.1. The number of rotatable bonds is 5. The number of esters is 1. The predicted molar refractivity (Wildman–Crippen MR) is 75.7 cm³/mol. The summed E-state index contributed by atoms with van der Waals surface area (Å²) in [6, 6.07) is 0. The van der Waals surface area contributed by atoms with Crippen LogP contribution in [0.2, 0.25) is 5.21 Å². The first-order chi connectivity index (χ1) is 8.90. The second kappa shape index (κ2) is 7.02. The molecule has 0 aromatic rings. The molecule has 1 amide bonds. The maximum absolute atomic E-state index is 12.1. The van der Waals surface area contributed by atoms with E-state index in [1.54, 1.807) is 20.8 Å². The minimum atomic E-state index is -1.72. The number of aliphatic hydroxyl groups is 1. The van der Waals surface area contributed by atoms with Crippen LogP contribution in [0.25, 0.3) is 0 Å². The highest BCUT2D eigenvalue weighted by molar-refractivity contribution is 6.41. The van der Waals surface area contributed by atoms with Crippen LogP contribution < -0.4 is 0 Å². The average Bonchev–Trinajstić information content (AvgIpc) is 2.22. The molecule has 0 heterocycles. The molecular weight excluding hydrogens is 260 g/mol. The third kappa shape index (κ3) is 6.32. The summed E-state index contributed by atoms with van der Waals surface area (Å²) in [5.74, 6) is -0.855. The Morgan fingerprint density at radius 2 is 1.75 bits per heavy atom. The van der Waals surface area contributed by atoms with Gasteiger partial charge in [-0.25, -0.2) is 9.59 Å². The summed E-state index contributed by atoms with van der Waals surface area (Å²) in [6.45, 7) is 4.63. The minimum absolute atomic E-state index is 0.127. The van der Waals surface area contributed by atoms with Crippen molar-refractivity contribution in [3.63, 3.8) is 0 Å². The quantitative estimate of drug-likeness (QED) is 0.576. The van der Waals surface area contributed by atoms with Crippen molar-refractivity contribution in [2.75, 3.05) is 20.7 Å². The van der Waals surface area contributed by atoms with Gasteiger partial charge in [-0.15, -0.1) is 0 Å². The number of aliphatic hydroxyl groups excluding tert-OH is 1. The molecule has 1 unspecified atom stereocenters. The lowest BCUT2D eigenvalue weighted by atomic mass is 9.49. The summed E-state index contributed by atoms with van der Waals surface area (Å²) in [5.41, 5.74) is -0.783. The smallest absolute Gasteiger partial charge is 0.410 e. The molecule has 0 aromatic heterocycles. The molecule has 110 valence electrons. The van der Waals surface area contributed by atoms with Crippen LogP contribution >= 0.6 is 0 Å². The average molecular weight is 281 g/mol. The molecule has 0 spiro atoms. The first kappa shape index (κ1) is 18.8. The Kier molecular flexibility index (Phi) is 6.61. The molecule has 0 aromatic carbocycles. The summed E-state index contributed by atoms with van der Waals surface area (Å²) in [6.07, 6.45) is -2.42. The van der Waals surface area contributed by atoms with Crippen LogP contribution in [0.4, 0.5) is 4.79 Å². The lowest BCUT2D eigenvalue weighted by Gasteiger charge is -2.35. The molecule has 0 saturated heterocycles. The summed E-state index contributed by atoms with van der Waals surface area (Å²) >= 11 is 0. The Labute approximate surface area is 122 Å². The molecule has 20 heavy (non-hydrogen) atoms. The van der Waals surface area contributed by atoms with Crippen LogP contribution in [-0.2, 0) is 14.3 Å². The van der Waals surface area contributed by atoms with E-state index in [1.165, 1.54) is 14.1 Å². The zero-order chi connectivity index (χ0) is 16.1. The summed E-state index contributed by atoms with van der Waals surface area (Å²) in [5, 5.41) is 7.23. The Morgan fingerprint density at radius 3 is 2.10 bits per heavy atom. The van der Waals surface area contributed by atoms with Gasteiger partial charge in [-0.2, -0.15) is 0 Å². The fourth-order valence-electron chi connectivity index (χ4n) is 1.26. The first-order valence-corrected chi connectivity index (χ1v) is 6.20. The van der Waals surface area contributed by atoms with Crippen LogP contribution in [0.5, 0.6) is 0 Å². The highest BCUT2D eigenvalue weighted by atomic mass is 16.6. The van der Waals surface area contributed by atoms with Gasteiger partial charge in [0.25, 0.3) is 0 Å². The highest BCUT2D eigenvalue weighted by Gasteiger charge is 2.40. The van der Waals surface area contributed by atoms with Gasteiger partial charge in [-0.05, 0) is 27.2 Å². The number of carbonyl (C=O) groups is 2. The van der Waals surface area contributed by atoms with E-state index < -0.39 is 29.0 Å². The zero-order valence-electron chi connectivity index (χ0n) is 12.7. The number of nitrogens with zero attached hydrogens (tertiary/aromatic N) is 1. The third-order valence-electron chi connectivity index (χ3n) is 2.24. The molecule has 8 heteroatoms. The highest BCUT2D eigenvalue weighted by Crippen LogP contribution is 2.31. The van der Waals surface area contributed by atoms with E-state index in [9.17, 15) is 9.59 Å². The number of carbonyl (C=O) groups excluding carboxylic acids is 2. The van der Waals surface area contributed by atoms with Gasteiger partial charge in [0.15, 0.2) is 6.10 Å². The van der Waals surface area contributed by atoms with Crippen molar-refractivity contribution in [3.05, 3.63) is 0 Å². The molecule has 4 radical (unpaired) electrons. The Morgan fingerprint density at radius 1 is 1.25 bits per heavy atom. The third-order valence-corrected chi connectivity index (χ3v) is 2.24. The molecule has 0 fully saturated rings. The lowest BCUT2D eigenvalue weighted by Crippen LogP contribution is -2.45. The fourth-order valence-corrected chi connectivity index (χ4v) is 1.26. The van der Waals surface area contributed by atoms with Crippen molar-refractivity contribution in [2.45, 2.75) is 44.1 Å². The molecule has 0 rings (SSSR count). The fraction of sp³-hybridized carbons (Fsp3) is 0.833. The lowest BCUT2D eigenvalue weighted by molar-refractivity contribution is -0.166. The van der Waals surface area contributed by atoms with Crippen molar-refractivity contribution < 1.29 is 24.2 Å². The van der Waals surface area contributed by atoms with Gasteiger partial charge < -0.3 is 19.5 Å². The minimum Gasteiger partial charge on any atom is -0.457 e. The molecule has 0 aliphatic heterocycles. The van der Waals surface area contributed by atoms with Crippen molar-refractivity contribution in [2.24, 2.45) is 0 Å². The summed E-state index contributed by atoms with van der Waals surface area (Å²) in [7, 11) is 14.4. The molecule has 0 aliphatic carbocycles. The molecule has 6 nitrogen and oxygen atoms in total. The van der Waals surface area contributed by atoms with Gasteiger partial charge in [-0.1, -0.05) is 5.21 Å². The van der Waals surface area contributed by atoms with Crippen molar-refractivity contribution in [3.8, 4) is 0 Å². The SMILES string of the molecule is [B]C([B])(CCO)C(OC(=O)N(C)C)C(=O)OC(C)(C)C. The van der Waals surface area contributed by atoms with Crippen LogP contribution in [0.3, 0.4) is 0 Å². The van der Waals surface area contributed by atoms with Crippen LogP contribution in [-0.4, -0.2) is 70.2 Å². The number of hydrogen-bond donors (Lipinski definition) is 1. The van der Waals surface area contributed by atoms with E-state index in [-0.39, 0.29) is 13.0 Å². The summed E-state index contributed by atoms with van der Waals surface area (Å²) in [4.78, 5) is 24.8. The molecule has 1 N–H and O–H groups in total. The van der Waals surface area contributed by atoms with E-state index in [1.807, 2.05) is 0 Å². The maximum Gasteiger partial charge on any atom is 0.410 e. The topological polar surface area (TPSA) is 76.1 Å². The maximum atomic E-state index is 12.1. The van der Waals surface area contributed by atoms with E-state index in [4.69, 9.17) is 30.3 Å². The van der Waals surface area contributed by atoms with Gasteiger partial charge in [-0.3, -0.25) is 0 Å². The monoisotopic (exact) mass is 281 g/mol. The number of hydrogen-bond acceptors (Lipinski definition) is 5. The van der Waals surface area contributed by atoms with Crippen LogP contribution in [0.1, 0.15) is 27.2 Å². The van der Waals surface area contributed by atoms with Crippen molar-refractivity contribution >= 4 is 27.8 Å². The number of ether oxygens (including phenoxy) is 2. The van der Waals surface area contributed by atoms with Gasteiger partial charge >= 0.3 is 12.1 Å². The Bertz CT molecular complexity index is 352. The first-order valence-electron chi connectivity index (χ1n) is 6.20. The second-order valence-electron chi connectivity index (χ2n) is 5.78. The Balaban J connectivity index is 5.16. The molecule has 0 bridgehead atoms. The predicted octanol–water partition coefficient (Wildman–Crippen LogP) is 0.230. The van der Waals surface area contributed by atoms with Gasteiger partial charge in [0, 0.05) is 20.7 Å². The normalized spacial score (nSPS) is 13.5. The van der Waals surface area contributed by atoms with E-state index >= 15 is 0 Å². The van der Waals surface area contributed by atoms with Crippen LogP contribution in [0, 0.1) is 0 Å². The standard InChI is InChI=1S/C12H21B2NO5/c1-11(2,3)20-9(17)8(12(13,14)6-7-16)19-10(18)15(4)5/h8,16H,6-7H2,1-5H3. The molecule has 0 saturated carbocycles. The van der Waals surface area contributed by atoms with E-state index in [0.29, 0.717) is 0 Å². The molecule has 0 aliphatic rings. The van der Waals surface area contributed by atoms with Crippen molar-refractivity contribution in [1.82, 2.24) is 4.90 Å². The number of amides is 1. The van der Waals surface area contributed by atoms with E-state index in [2.05, 4.69) is 0 Å².